The summed E-state index contributed by atoms with van der Waals surface area (Å²) in [5, 5.41) is 1.59. The molecule has 3 aromatic rings. The van der Waals surface area contributed by atoms with Crippen molar-refractivity contribution in [1.82, 2.24) is 4.57 Å². The third-order valence-corrected chi connectivity index (χ3v) is 4.27. The number of carbonyl (C=O) groups is 1. The van der Waals surface area contributed by atoms with Crippen LogP contribution in [0.3, 0.4) is 0 Å². The van der Waals surface area contributed by atoms with Crippen LogP contribution in [0, 0.1) is 0 Å². The van der Waals surface area contributed by atoms with E-state index >= 15 is 0 Å². The van der Waals surface area contributed by atoms with Crippen LogP contribution >= 0.6 is 27.5 Å². The lowest BCUT2D eigenvalue weighted by atomic mass is 10.1. The van der Waals surface area contributed by atoms with Crippen molar-refractivity contribution in [2.45, 2.75) is 6.54 Å². The number of fused-ring (bicyclic) bond motifs is 1. The average Bonchev–Trinajstić information content (AvgIpc) is 2.84. The molecular formula is C16H11BrClNO. The van der Waals surface area contributed by atoms with Crippen molar-refractivity contribution in [3.05, 3.63) is 69.8 Å². The maximum absolute atomic E-state index is 12.3. The summed E-state index contributed by atoms with van der Waals surface area (Å²) in [4.78, 5) is 12.3. The summed E-state index contributed by atoms with van der Waals surface area (Å²) in [6, 6.07) is 15.1. The molecule has 1 aromatic heterocycles. The second kappa shape index (κ2) is 5.43. The number of aromatic nitrogens is 1. The Morgan fingerprint density at radius 2 is 1.90 bits per heavy atom. The molecule has 0 N–H and O–H groups in total. The minimum absolute atomic E-state index is 0.00748. The molecule has 0 aliphatic heterocycles. The molecule has 0 unspecified atom stereocenters. The molecule has 0 fully saturated rings. The van der Waals surface area contributed by atoms with Crippen molar-refractivity contribution >= 4 is 44.2 Å². The lowest BCUT2D eigenvalue weighted by Crippen LogP contribution is -2.09. The zero-order valence-electron chi connectivity index (χ0n) is 10.5. The smallest absolute Gasteiger partial charge is 0.183 e. The van der Waals surface area contributed by atoms with Gasteiger partial charge in [-0.25, -0.2) is 0 Å². The van der Waals surface area contributed by atoms with Crippen LogP contribution < -0.4 is 0 Å². The van der Waals surface area contributed by atoms with Gasteiger partial charge in [-0.2, -0.15) is 0 Å². The maximum atomic E-state index is 12.3. The number of nitrogens with zero attached hydrogens (tertiary/aromatic N) is 1. The molecule has 100 valence electrons. The number of benzene rings is 2. The minimum atomic E-state index is 0.00748. The zero-order valence-corrected chi connectivity index (χ0v) is 12.9. The Balaban J connectivity index is 1.96. The summed E-state index contributed by atoms with van der Waals surface area (Å²) < 4.78 is 2.96. The molecule has 0 bridgehead atoms. The summed E-state index contributed by atoms with van der Waals surface area (Å²) in [5.74, 6) is 0.00748. The Labute approximate surface area is 130 Å². The van der Waals surface area contributed by atoms with Gasteiger partial charge in [0.2, 0.25) is 0 Å². The van der Waals surface area contributed by atoms with E-state index in [1.165, 1.54) is 0 Å². The first kappa shape index (κ1) is 13.4. The van der Waals surface area contributed by atoms with Crippen molar-refractivity contribution in [2.75, 3.05) is 0 Å². The molecule has 3 rings (SSSR count). The van der Waals surface area contributed by atoms with E-state index in [2.05, 4.69) is 15.9 Å². The molecule has 0 saturated carbocycles. The molecule has 1 heterocycles. The largest absolute Gasteiger partial charge is 0.340 e. The maximum Gasteiger partial charge on any atom is 0.183 e. The van der Waals surface area contributed by atoms with Crippen LogP contribution in [0.5, 0.6) is 0 Å². The van der Waals surface area contributed by atoms with E-state index in [-0.39, 0.29) is 12.3 Å². The molecular weight excluding hydrogens is 338 g/mol. The number of hydrogen-bond donors (Lipinski definition) is 0. The Hall–Kier alpha value is -1.58. The summed E-state index contributed by atoms with van der Waals surface area (Å²) >= 11 is 9.58. The topological polar surface area (TPSA) is 22.0 Å². The van der Waals surface area contributed by atoms with Crippen molar-refractivity contribution < 1.29 is 4.79 Å². The number of halogens is 2. The first-order chi connectivity index (χ1) is 9.66. The highest BCUT2D eigenvalue weighted by Gasteiger charge is 2.12. The van der Waals surface area contributed by atoms with E-state index in [1.807, 2.05) is 47.2 Å². The molecule has 2 aromatic carbocycles. The average molecular weight is 349 g/mol. The number of Topliss-reactive ketones (excluding diaryl/α,β-unsaturated/α-hetero) is 1. The SMILES string of the molecule is O=C(Cn1ccc2c(Br)cccc21)c1ccccc1Cl. The van der Waals surface area contributed by atoms with Gasteiger partial charge in [0.05, 0.1) is 11.6 Å². The number of hydrogen-bond acceptors (Lipinski definition) is 1. The Bertz CT molecular complexity index is 794. The van der Waals surface area contributed by atoms with Crippen LogP contribution in [-0.2, 0) is 6.54 Å². The minimum Gasteiger partial charge on any atom is -0.340 e. The quantitative estimate of drug-likeness (QED) is 0.614. The van der Waals surface area contributed by atoms with Crippen molar-refractivity contribution in [1.29, 1.82) is 0 Å². The molecule has 20 heavy (non-hydrogen) atoms. The van der Waals surface area contributed by atoms with Gasteiger partial charge in [-0.05, 0) is 30.3 Å². The number of rotatable bonds is 3. The van der Waals surface area contributed by atoms with E-state index in [0.29, 0.717) is 10.6 Å². The third kappa shape index (κ3) is 2.39. The van der Waals surface area contributed by atoms with Crippen LogP contribution in [0.2, 0.25) is 5.02 Å². The lowest BCUT2D eigenvalue weighted by molar-refractivity contribution is 0.0974. The molecule has 0 spiro atoms. The molecule has 0 amide bonds. The van der Waals surface area contributed by atoms with Crippen LogP contribution in [0.1, 0.15) is 10.4 Å². The fourth-order valence-electron chi connectivity index (χ4n) is 2.25. The molecule has 0 aliphatic rings. The highest BCUT2D eigenvalue weighted by atomic mass is 79.9. The van der Waals surface area contributed by atoms with Gasteiger partial charge in [0.25, 0.3) is 0 Å². The van der Waals surface area contributed by atoms with Crippen molar-refractivity contribution in [3.63, 3.8) is 0 Å². The van der Waals surface area contributed by atoms with Crippen molar-refractivity contribution in [3.8, 4) is 0 Å². The fourth-order valence-corrected chi connectivity index (χ4v) is 2.98. The molecule has 0 radical (unpaired) electrons. The van der Waals surface area contributed by atoms with E-state index in [0.717, 1.165) is 15.4 Å². The molecule has 2 nitrogen and oxygen atoms in total. The summed E-state index contributed by atoms with van der Waals surface area (Å²) in [6.07, 6.45) is 1.92. The third-order valence-electron chi connectivity index (χ3n) is 3.25. The van der Waals surface area contributed by atoms with Gasteiger partial charge in [0.1, 0.15) is 0 Å². The van der Waals surface area contributed by atoms with Gasteiger partial charge in [-0.15, -0.1) is 0 Å². The summed E-state index contributed by atoms with van der Waals surface area (Å²) in [7, 11) is 0. The van der Waals surface area contributed by atoms with Crippen LogP contribution in [-0.4, -0.2) is 10.4 Å². The van der Waals surface area contributed by atoms with Gasteiger partial charge >= 0.3 is 0 Å². The summed E-state index contributed by atoms with van der Waals surface area (Å²) in [5.41, 5.74) is 1.59. The zero-order chi connectivity index (χ0) is 14.1. The normalized spacial score (nSPS) is 10.9. The van der Waals surface area contributed by atoms with E-state index < -0.39 is 0 Å². The highest BCUT2D eigenvalue weighted by molar-refractivity contribution is 9.10. The monoisotopic (exact) mass is 347 g/mol. The molecule has 0 atom stereocenters. The first-order valence-electron chi connectivity index (χ1n) is 6.18. The lowest BCUT2D eigenvalue weighted by Gasteiger charge is -2.06. The molecule has 0 saturated heterocycles. The molecule has 4 heteroatoms. The van der Waals surface area contributed by atoms with Crippen LogP contribution in [0.25, 0.3) is 10.9 Å². The van der Waals surface area contributed by atoms with Crippen LogP contribution in [0.15, 0.2) is 59.2 Å². The summed E-state index contributed by atoms with van der Waals surface area (Å²) in [6.45, 7) is 0.281. The Morgan fingerprint density at radius 1 is 1.10 bits per heavy atom. The van der Waals surface area contributed by atoms with E-state index in [9.17, 15) is 4.79 Å². The van der Waals surface area contributed by atoms with Gasteiger partial charge < -0.3 is 4.57 Å². The second-order valence-corrected chi connectivity index (χ2v) is 5.78. The first-order valence-corrected chi connectivity index (χ1v) is 7.35. The highest BCUT2D eigenvalue weighted by Crippen LogP contribution is 2.25. The molecule has 0 aliphatic carbocycles. The van der Waals surface area contributed by atoms with Gasteiger partial charge in [0, 0.05) is 27.1 Å². The number of ketones is 1. The fraction of sp³-hybridized carbons (Fsp3) is 0.0625. The van der Waals surface area contributed by atoms with Crippen molar-refractivity contribution in [2.24, 2.45) is 0 Å². The number of carbonyl (C=O) groups excluding carboxylic acids is 1. The van der Waals surface area contributed by atoms with E-state index in [4.69, 9.17) is 11.6 Å². The standard InChI is InChI=1S/C16H11BrClNO/c17-13-5-3-7-15-11(13)8-9-19(15)10-16(20)12-4-1-2-6-14(12)18/h1-9H,10H2. The van der Waals surface area contributed by atoms with E-state index in [1.54, 1.807) is 12.1 Å². The van der Waals surface area contributed by atoms with Gasteiger partial charge in [0.15, 0.2) is 5.78 Å². The van der Waals surface area contributed by atoms with Crippen LogP contribution in [0.4, 0.5) is 0 Å². The Morgan fingerprint density at radius 3 is 2.70 bits per heavy atom. The van der Waals surface area contributed by atoms with Gasteiger partial charge in [-0.3, -0.25) is 4.79 Å². The van der Waals surface area contributed by atoms with Gasteiger partial charge in [-0.1, -0.05) is 45.7 Å². The predicted molar refractivity (Wildman–Crippen MR) is 85.4 cm³/mol. The predicted octanol–water partition coefficient (Wildman–Crippen LogP) is 4.94. The second-order valence-electron chi connectivity index (χ2n) is 4.52. The Kier molecular flexibility index (Phi) is 3.64.